The molecule has 0 aliphatic rings. The minimum atomic E-state index is -0.995. The van der Waals surface area contributed by atoms with Crippen LogP contribution in [0.15, 0.2) is 82.2 Å². The zero-order valence-corrected chi connectivity index (χ0v) is 19.3. The van der Waals surface area contributed by atoms with Crippen LogP contribution in [0.4, 0.5) is 0 Å². The van der Waals surface area contributed by atoms with Crippen molar-refractivity contribution in [1.82, 2.24) is 0 Å². The van der Waals surface area contributed by atoms with Gasteiger partial charge in [0.2, 0.25) is 0 Å². The fourth-order valence-electron chi connectivity index (χ4n) is 2.92. The first-order valence-corrected chi connectivity index (χ1v) is 11.3. The van der Waals surface area contributed by atoms with E-state index in [1.807, 2.05) is 12.1 Å². The maximum atomic E-state index is 10.7. The average Bonchev–Trinajstić information content (AvgIpc) is 2.72. The van der Waals surface area contributed by atoms with Gasteiger partial charge in [-0.3, -0.25) is 0 Å². The van der Waals surface area contributed by atoms with Crippen LogP contribution in [-0.4, -0.2) is 23.4 Å². The highest BCUT2D eigenvalue weighted by Gasteiger charge is 2.07. The van der Waals surface area contributed by atoms with Gasteiger partial charge < -0.3 is 9.84 Å². The van der Waals surface area contributed by atoms with Gasteiger partial charge in [0.05, 0.1) is 4.47 Å². The first-order chi connectivity index (χ1) is 14.4. The third kappa shape index (κ3) is 6.25. The monoisotopic (exact) mass is 482 g/mol. The summed E-state index contributed by atoms with van der Waals surface area (Å²) in [6.07, 6.45) is 2.25. The average molecular weight is 483 g/mol. The van der Waals surface area contributed by atoms with Gasteiger partial charge in [-0.25, -0.2) is 4.79 Å². The topological polar surface area (TPSA) is 46.5 Å². The van der Waals surface area contributed by atoms with E-state index in [0.717, 1.165) is 15.1 Å². The molecule has 0 spiro atoms. The maximum absolute atomic E-state index is 10.7. The Labute approximate surface area is 189 Å². The molecule has 0 radical (unpaired) electrons. The summed E-state index contributed by atoms with van der Waals surface area (Å²) in [5.74, 6) is 0.335. The molecule has 3 aromatic carbocycles. The lowest BCUT2D eigenvalue weighted by Crippen LogP contribution is -2.09. The molecule has 5 heteroatoms. The molecule has 154 valence electrons. The third-order valence-corrected chi connectivity index (χ3v) is 6.06. The van der Waals surface area contributed by atoms with E-state index in [-0.39, 0.29) is 6.61 Å². The number of thioether (sulfide) groups is 1. The van der Waals surface area contributed by atoms with E-state index in [2.05, 4.69) is 84.4 Å². The van der Waals surface area contributed by atoms with Crippen molar-refractivity contribution in [3.63, 3.8) is 0 Å². The van der Waals surface area contributed by atoms with Crippen molar-refractivity contribution in [2.45, 2.75) is 18.7 Å². The molecule has 0 amide bonds. The molecule has 3 nitrogen and oxygen atoms in total. The minimum Gasteiger partial charge on any atom is -0.481 e. The van der Waals surface area contributed by atoms with Gasteiger partial charge in [-0.1, -0.05) is 65.7 Å². The van der Waals surface area contributed by atoms with Crippen LogP contribution in [0.2, 0.25) is 0 Å². The smallest absolute Gasteiger partial charge is 0.341 e. The van der Waals surface area contributed by atoms with Crippen molar-refractivity contribution in [3.8, 4) is 5.75 Å². The summed E-state index contributed by atoms with van der Waals surface area (Å²) >= 11 is 5.17. The molecule has 30 heavy (non-hydrogen) atoms. The zero-order valence-electron chi connectivity index (χ0n) is 16.9. The van der Waals surface area contributed by atoms with E-state index in [4.69, 9.17) is 9.84 Å². The largest absolute Gasteiger partial charge is 0.481 e. The molecule has 0 saturated heterocycles. The lowest BCUT2D eigenvalue weighted by atomic mass is 9.96. The molecule has 0 aliphatic heterocycles. The van der Waals surface area contributed by atoms with Crippen molar-refractivity contribution in [2.24, 2.45) is 0 Å². The Morgan fingerprint density at radius 2 is 1.53 bits per heavy atom. The van der Waals surface area contributed by atoms with Crippen molar-refractivity contribution in [1.29, 1.82) is 0 Å². The van der Waals surface area contributed by atoms with Gasteiger partial charge in [-0.15, -0.1) is 11.8 Å². The zero-order chi connectivity index (χ0) is 21.5. The fourth-order valence-corrected chi connectivity index (χ4v) is 4.37. The Morgan fingerprint density at radius 3 is 2.03 bits per heavy atom. The van der Waals surface area contributed by atoms with Crippen LogP contribution < -0.4 is 4.74 Å². The third-order valence-electron chi connectivity index (χ3n) is 4.52. The molecule has 0 saturated carbocycles. The summed E-state index contributed by atoms with van der Waals surface area (Å²) in [5, 5.41) is 8.76. The Balaban J connectivity index is 1.77. The minimum absolute atomic E-state index is 0.357. The maximum Gasteiger partial charge on any atom is 0.341 e. The van der Waals surface area contributed by atoms with Gasteiger partial charge in [-0.05, 0) is 64.7 Å². The lowest BCUT2D eigenvalue weighted by molar-refractivity contribution is -0.139. The summed E-state index contributed by atoms with van der Waals surface area (Å²) in [7, 11) is 0. The summed E-state index contributed by atoms with van der Waals surface area (Å²) < 4.78 is 6.01. The van der Waals surface area contributed by atoms with Gasteiger partial charge >= 0.3 is 5.97 Å². The molecule has 3 rings (SSSR count). The number of carbonyl (C=O) groups is 1. The summed E-state index contributed by atoms with van der Waals surface area (Å²) in [6, 6.07) is 22.9. The quantitative estimate of drug-likeness (QED) is 0.360. The van der Waals surface area contributed by atoms with Crippen LogP contribution in [0.1, 0.15) is 22.3 Å². The number of rotatable bonds is 8. The Morgan fingerprint density at radius 1 is 0.967 bits per heavy atom. The molecular formula is C25H23BrO3S. The van der Waals surface area contributed by atoms with Crippen LogP contribution in [0.3, 0.4) is 0 Å². The number of ether oxygens (including phenoxy) is 1. The molecule has 0 bridgehead atoms. The summed E-state index contributed by atoms with van der Waals surface area (Å²) in [5.41, 5.74) is 6.09. The number of aryl methyl sites for hydroxylation is 2. The fraction of sp³-hybridized carbons (Fsp3) is 0.160. The van der Waals surface area contributed by atoms with Gasteiger partial charge in [0, 0.05) is 10.6 Å². The Kier molecular flexibility index (Phi) is 7.77. The molecule has 0 aromatic heterocycles. The second-order valence-corrected chi connectivity index (χ2v) is 8.88. The van der Waals surface area contributed by atoms with Crippen LogP contribution in [0.5, 0.6) is 5.75 Å². The van der Waals surface area contributed by atoms with Gasteiger partial charge in [-0.2, -0.15) is 0 Å². The number of carboxylic acids is 1. The Bertz CT molecular complexity index is 993. The highest BCUT2D eigenvalue weighted by atomic mass is 79.9. The SMILES string of the molecule is Cc1ccc(C(=CCSc2ccc(OCC(=O)O)c(Br)c2)c2ccc(C)cc2)cc1. The van der Waals surface area contributed by atoms with Crippen LogP contribution in [0.25, 0.3) is 5.57 Å². The standard InChI is InChI=1S/C25H23BrO3S/c1-17-3-7-19(8-4-17)22(20-9-5-18(2)6-10-20)13-14-30-21-11-12-24(23(26)15-21)29-16-25(27)28/h3-13,15H,14,16H2,1-2H3,(H,27,28). The van der Waals surface area contributed by atoms with Gasteiger partial charge in [0.25, 0.3) is 0 Å². The number of hydrogen-bond donors (Lipinski definition) is 1. The normalized spacial score (nSPS) is 10.5. The van der Waals surface area contributed by atoms with Crippen LogP contribution in [-0.2, 0) is 4.79 Å². The molecule has 0 unspecified atom stereocenters. The molecule has 1 N–H and O–H groups in total. The van der Waals surface area contributed by atoms with E-state index in [9.17, 15) is 4.79 Å². The Hall–Kier alpha value is -2.50. The predicted molar refractivity (Wildman–Crippen MR) is 127 cm³/mol. The van der Waals surface area contributed by atoms with E-state index in [1.54, 1.807) is 17.8 Å². The molecule has 3 aromatic rings. The second-order valence-electron chi connectivity index (χ2n) is 6.94. The summed E-state index contributed by atoms with van der Waals surface area (Å²) in [6.45, 7) is 3.83. The first-order valence-electron chi connectivity index (χ1n) is 9.53. The van der Waals surface area contributed by atoms with Crippen molar-refractivity contribution >= 4 is 39.2 Å². The molecule has 0 fully saturated rings. The number of halogens is 1. The molecule has 0 aliphatic carbocycles. The van der Waals surface area contributed by atoms with Crippen molar-refractivity contribution in [2.75, 3.05) is 12.4 Å². The van der Waals surface area contributed by atoms with Crippen LogP contribution in [0, 0.1) is 13.8 Å². The number of carboxylic acid groups (broad SMARTS) is 1. The summed E-state index contributed by atoms with van der Waals surface area (Å²) in [4.78, 5) is 11.8. The number of aliphatic carboxylic acids is 1. The lowest BCUT2D eigenvalue weighted by Gasteiger charge is -2.11. The number of hydrogen-bond acceptors (Lipinski definition) is 3. The van der Waals surface area contributed by atoms with Crippen molar-refractivity contribution in [3.05, 3.63) is 99.5 Å². The molecular weight excluding hydrogens is 460 g/mol. The number of benzene rings is 3. The first kappa shape index (κ1) is 22.2. The van der Waals surface area contributed by atoms with E-state index < -0.39 is 5.97 Å². The second kappa shape index (κ2) is 10.5. The van der Waals surface area contributed by atoms with Gasteiger partial charge in [0.15, 0.2) is 6.61 Å². The van der Waals surface area contributed by atoms with Crippen molar-refractivity contribution < 1.29 is 14.6 Å². The van der Waals surface area contributed by atoms with E-state index in [0.29, 0.717) is 5.75 Å². The van der Waals surface area contributed by atoms with Crippen LogP contribution >= 0.6 is 27.7 Å². The van der Waals surface area contributed by atoms with Gasteiger partial charge in [0.1, 0.15) is 5.75 Å². The molecule has 0 atom stereocenters. The molecule has 0 heterocycles. The van der Waals surface area contributed by atoms with E-state index >= 15 is 0 Å². The predicted octanol–water partition coefficient (Wildman–Crippen LogP) is 6.75. The van der Waals surface area contributed by atoms with E-state index in [1.165, 1.54) is 27.8 Å². The highest BCUT2D eigenvalue weighted by Crippen LogP contribution is 2.31. The highest BCUT2D eigenvalue weighted by molar-refractivity contribution is 9.10.